The molecule has 0 aliphatic heterocycles. The number of nitrogens with zero attached hydrogens (tertiary/aromatic N) is 1. The van der Waals surface area contributed by atoms with Crippen LogP contribution >= 0.6 is 0 Å². The Labute approximate surface area is 117 Å². The molecule has 0 aliphatic rings. The molecule has 0 atom stereocenters. The fraction of sp³-hybridized carbons (Fsp3) is 0.333. The summed E-state index contributed by atoms with van der Waals surface area (Å²) in [6.07, 6.45) is 0. The predicted octanol–water partition coefficient (Wildman–Crippen LogP) is 2.44. The molecule has 2 aromatic rings. The number of carboxylic acids is 1. The maximum Gasteiger partial charge on any atom is 0.358 e. The summed E-state index contributed by atoms with van der Waals surface area (Å²) in [6, 6.07) is 11.7. The van der Waals surface area contributed by atoms with Crippen LogP contribution in [0.25, 0.3) is 0 Å². The highest BCUT2D eigenvalue weighted by molar-refractivity contribution is 5.85. The monoisotopic (exact) mass is 274 g/mol. The molecule has 2 N–H and O–H groups in total. The molecule has 20 heavy (non-hydrogen) atoms. The van der Waals surface area contributed by atoms with E-state index in [-0.39, 0.29) is 11.1 Å². The first-order valence-corrected chi connectivity index (χ1v) is 6.44. The van der Waals surface area contributed by atoms with E-state index < -0.39 is 5.97 Å². The summed E-state index contributed by atoms with van der Waals surface area (Å²) in [5, 5.41) is 15.5. The van der Waals surface area contributed by atoms with Crippen molar-refractivity contribution >= 4 is 5.97 Å². The fourth-order valence-electron chi connectivity index (χ4n) is 1.99. The van der Waals surface area contributed by atoms with Gasteiger partial charge in [0.15, 0.2) is 11.5 Å². The highest BCUT2D eigenvalue weighted by atomic mass is 16.5. The van der Waals surface area contributed by atoms with Crippen molar-refractivity contribution in [3.63, 3.8) is 0 Å². The van der Waals surface area contributed by atoms with Gasteiger partial charge in [-0.3, -0.25) is 0 Å². The average Bonchev–Trinajstić information content (AvgIpc) is 2.89. The molecule has 106 valence electrons. The third kappa shape index (κ3) is 3.45. The lowest BCUT2D eigenvalue weighted by atomic mass is 9.84. The van der Waals surface area contributed by atoms with E-state index >= 15 is 0 Å². The van der Waals surface area contributed by atoms with Crippen LogP contribution in [0.1, 0.15) is 35.7 Å². The van der Waals surface area contributed by atoms with Crippen LogP contribution in [0.4, 0.5) is 0 Å². The van der Waals surface area contributed by atoms with Gasteiger partial charge in [0.2, 0.25) is 0 Å². The number of aromatic nitrogens is 1. The van der Waals surface area contributed by atoms with Gasteiger partial charge >= 0.3 is 5.97 Å². The van der Waals surface area contributed by atoms with Crippen LogP contribution in [0, 0.1) is 0 Å². The van der Waals surface area contributed by atoms with Gasteiger partial charge in [-0.2, -0.15) is 0 Å². The normalized spacial score (nSPS) is 11.5. The molecular formula is C15H18N2O3. The molecule has 0 amide bonds. The minimum atomic E-state index is -1.08. The molecule has 0 radical (unpaired) electrons. The Balaban J connectivity index is 1.90. The van der Waals surface area contributed by atoms with Crippen LogP contribution in [-0.4, -0.2) is 22.8 Å². The molecule has 0 spiro atoms. The lowest BCUT2D eigenvalue weighted by Crippen LogP contribution is -2.32. The van der Waals surface area contributed by atoms with Crippen LogP contribution < -0.4 is 5.32 Å². The molecular weight excluding hydrogens is 256 g/mol. The molecule has 1 aromatic carbocycles. The van der Waals surface area contributed by atoms with E-state index in [9.17, 15) is 4.79 Å². The molecule has 0 bridgehead atoms. The van der Waals surface area contributed by atoms with Crippen molar-refractivity contribution in [2.75, 3.05) is 6.54 Å². The number of hydrogen-bond acceptors (Lipinski definition) is 4. The number of aromatic carboxylic acids is 1. The van der Waals surface area contributed by atoms with E-state index in [1.165, 1.54) is 11.6 Å². The molecule has 0 saturated heterocycles. The summed E-state index contributed by atoms with van der Waals surface area (Å²) in [5.41, 5.74) is 1.16. The van der Waals surface area contributed by atoms with E-state index in [0.29, 0.717) is 12.3 Å². The Hall–Kier alpha value is -2.14. The van der Waals surface area contributed by atoms with Gasteiger partial charge in [-0.05, 0) is 5.56 Å². The minimum Gasteiger partial charge on any atom is -0.476 e. The maximum atomic E-state index is 10.7. The second-order valence-electron chi connectivity index (χ2n) is 5.34. The lowest BCUT2D eigenvalue weighted by Gasteiger charge is -2.25. The highest BCUT2D eigenvalue weighted by Gasteiger charge is 2.20. The molecule has 0 saturated carbocycles. The summed E-state index contributed by atoms with van der Waals surface area (Å²) < 4.78 is 4.95. The van der Waals surface area contributed by atoms with E-state index in [2.05, 4.69) is 36.5 Å². The number of hydrogen-bond donors (Lipinski definition) is 2. The van der Waals surface area contributed by atoms with Gasteiger partial charge in [0, 0.05) is 18.0 Å². The van der Waals surface area contributed by atoms with Crippen molar-refractivity contribution in [3.8, 4) is 0 Å². The van der Waals surface area contributed by atoms with Crippen LogP contribution in [-0.2, 0) is 12.0 Å². The van der Waals surface area contributed by atoms with E-state index in [1.807, 2.05) is 18.2 Å². The van der Waals surface area contributed by atoms with Crippen LogP contribution in [0.3, 0.4) is 0 Å². The summed E-state index contributed by atoms with van der Waals surface area (Å²) >= 11 is 0. The minimum absolute atomic E-state index is 0.0170. The fourth-order valence-corrected chi connectivity index (χ4v) is 1.99. The zero-order valence-corrected chi connectivity index (χ0v) is 11.6. The largest absolute Gasteiger partial charge is 0.476 e. The average molecular weight is 274 g/mol. The topological polar surface area (TPSA) is 75.4 Å². The van der Waals surface area contributed by atoms with E-state index in [4.69, 9.17) is 9.63 Å². The van der Waals surface area contributed by atoms with Crippen molar-refractivity contribution < 1.29 is 14.4 Å². The van der Waals surface area contributed by atoms with Gasteiger partial charge < -0.3 is 14.9 Å². The van der Waals surface area contributed by atoms with Crippen LogP contribution in [0.2, 0.25) is 0 Å². The Morgan fingerprint density at radius 1 is 1.35 bits per heavy atom. The molecule has 1 heterocycles. The Kier molecular flexibility index (Phi) is 4.20. The van der Waals surface area contributed by atoms with Crippen LogP contribution in [0.15, 0.2) is 40.9 Å². The van der Waals surface area contributed by atoms with Crippen molar-refractivity contribution in [1.29, 1.82) is 0 Å². The first kappa shape index (κ1) is 14.3. The SMILES string of the molecule is CC(C)(CNCc1cc(C(=O)O)no1)c1ccccc1. The third-order valence-corrected chi connectivity index (χ3v) is 3.20. The molecule has 0 unspecified atom stereocenters. The van der Waals surface area contributed by atoms with Gasteiger partial charge in [0.25, 0.3) is 0 Å². The van der Waals surface area contributed by atoms with Crippen molar-refractivity contribution in [2.24, 2.45) is 0 Å². The number of nitrogens with one attached hydrogen (secondary N) is 1. The molecule has 5 nitrogen and oxygen atoms in total. The highest BCUT2D eigenvalue weighted by Crippen LogP contribution is 2.21. The zero-order valence-electron chi connectivity index (χ0n) is 11.6. The summed E-state index contributed by atoms with van der Waals surface area (Å²) in [4.78, 5) is 10.7. The Morgan fingerprint density at radius 2 is 2.05 bits per heavy atom. The van der Waals surface area contributed by atoms with Gasteiger partial charge in [-0.15, -0.1) is 0 Å². The summed E-state index contributed by atoms with van der Waals surface area (Å²) in [7, 11) is 0. The van der Waals surface area contributed by atoms with Crippen molar-refractivity contribution in [3.05, 3.63) is 53.4 Å². The third-order valence-electron chi connectivity index (χ3n) is 3.20. The molecule has 0 aliphatic carbocycles. The molecule has 1 aromatic heterocycles. The van der Waals surface area contributed by atoms with E-state index in [0.717, 1.165) is 6.54 Å². The smallest absolute Gasteiger partial charge is 0.358 e. The standard InChI is InChI=1S/C15H18N2O3/c1-15(2,11-6-4-3-5-7-11)10-16-9-12-8-13(14(18)19)17-20-12/h3-8,16H,9-10H2,1-2H3,(H,18,19). The molecule has 2 rings (SSSR count). The molecule has 5 heteroatoms. The van der Waals surface area contributed by atoms with E-state index in [1.54, 1.807) is 0 Å². The quantitative estimate of drug-likeness (QED) is 0.846. The maximum absolute atomic E-state index is 10.7. The Bertz CT molecular complexity index is 576. The number of rotatable bonds is 6. The second kappa shape index (κ2) is 5.88. The van der Waals surface area contributed by atoms with Crippen LogP contribution in [0.5, 0.6) is 0 Å². The first-order chi connectivity index (χ1) is 9.49. The first-order valence-electron chi connectivity index (χ1n) is 6.44. The zero-order chi connectivity index (χ0) is 14.6. The number of carboxylic acid groups (broad SMARTS) is 1. The van der Waals surface area contributed by atoms with Gasteiger partial charge in [-0.1, -0.05) is 49.3 Å². The van der Waals surface area contributed by atoms with Gasteiger partial charge in [-0.25, -0.2) is 4.79 Å². The summed E-state index contributed by atoms with van der Waals surface area (Å²) in [6.45, 7) is 5.51. The number of carbonyl (C=O) groups is 1. The van der Waals surface area contributed by atoms with Crippen molar-refractivity contribution in [1.82, 2.24) is 10.5 Å². The summed E-state index contributed by atoms with van der Waals surface area (Å²) in [5.74, 6) is -0.559. The number of benzene rings is 1. The molecule has 0 fully saturated rings. The van der Waals surface area contributed by atoms with Crippen molar-refractivity contribution in [2.45, 2.75) is 25.8 Å². The van der Waals surface area contributed by atoms with Gasteiger partial charge in [0.1, 0.15) is 0 Å². The predicted molar refractivity (Wildman–Crippen MR) is 74.6 cm³/mol. The Morgan fingerprint density at radius 3 is 2.65 bits per heavy atom. The van der Waals surface area contributed by atoms with Gasteiger partial charge in [0.05, 0.1) is 6.54 Å². The lowest BCUT2D eigenvalue weighted by molar-refractivity contribution is 0.0685. The second-order valence-corrected chi connectivity index (χ2v) is 5.34.